The van der Waals surface area contributed by atoms with E-state index in [1.165, 1.54) is 0 Å². The topological polar surface area (TPSA) is 52.6 Å². The maximum absolute atomic E-state index is 11.0. The summed E-state index contributed by atoms with van der Waals surface area (Å²) in [4.78, 5) is 22.1. The highest BCUT2D eigenvalue weighted by Crippen LogP contribution is 2.20. The maximum atomic E-state index is 11.0. The largest absolute Gasteiger partial charge is 0.486 e. The monoisotopic (exact) mass is 198 g/mol. The van der Waals surface area contributed by atoms with Crippen LogP contribution in [0.4, 0.5) is 0 Å². The molecule has 0 heterocycles. The van der Waals surface area contributed by atoms with Gasteiger partial charge in [0.15, 0.2) is 0 Å². The van der Waals surface area contributed by atoms with E-state index in [9.17, 15) is 9.59 Å². The molecule has 0 aliphatic heterocycles. The third kappa shape index (κ3) is 1.95. The summed E-state index contributed by atoms with van der Waals surface area (Å²) in [7, 11) is 0. The molecule has 0 atom stereocenters. The zero-order valence-electron chi connectivity index (χ0n) is 8.46. The smallest absolute Gasteiger partial charge is 0.275 e. The van der Waals surface area contributed by atoms with Crippen molar-refractivity contribution in [3.63, 3.8) is 0 Å². The van der Waals surface area contributed by atoms with E-state index in [4.69, 9.17) is 9.47 Å². The first-order chi connectivity index (χ1) is 6.72. The van der Waals surface area contributed by atoms with Gasteiger partial charge in [-0.05, 0) is 12.8 Å². The molecule has 78 valence electrons. The summed E-state index contributed by atoms with van der Waals surface area (Å²) in [5.74, 6) is 0.204. The summed E-state index contributed by atoms with van der Waals surface area (Å²) in [6.07, 6.45) is 1.60. The van der Waals surface area contributed by atoms with Crippen LogP contribution in [0.15, 0.2) is 9.59 Å². The highest BCUT2D eigenvalue weighted by Gasteiger charge is 2.23. The second kappa shape index (κ2) is 4.79. The summed E-state index contributed by atoms with van der Waals surface area (Å²) >= 11 is 0. The Kier molecular flexibility index (Phi) is 3.68. The van der Waals surface area contributed by atoms with Crippen molar-refractivity contribution in [3.8, 4) is 11.5 Å². The first-order valence-corrected chi connectivity index (χ1v) is 4.81. The SMILES string of the molecule is CCCOc1c(OCCC)c(=O)c1=O. The first-order valence-electron chi connectivity index (χ1n) is 4.81. The standard InChI is InChI=1S/C10H14O4/c1-3-5-13-9-7(11)8(12)10(9)14-6-4-2/h3-6H2,1-2H3. The van der Waals surface area contributed by atoms with Gasteiger partial charge in [0, 0.05) is 0 Å². The minimum absolute atomic E-state index is 0.102. The van der Waals surface area contributed by atoms with Gasteiger partial charge in [-0.2, -0.15) is 0 Å². The van der Waals surface area contributed by atoms with Gasteiger partial charge in [-0.3, -0.25) is 9.59 Å². The Morgan fingerprint density at radius 2 is 1.21 bits per heavy atom. The molecule has 0 fully saturated rings. The molecule has 4 heteroatoms. The van der Waals surface area contributed by atoms with Crippen molar-refractivity contribution in [2.75, 3.05) is 13.2 Å². The van der Waals surface area contributed by atoms with Gasteiger partial charge in [0.25, 0.3) is 10.9 Å². The molecule has 1 aromatic rings. The highest BCUT2D eigenvalue weighted by atomic mass is 16.5. The van der Waals surface area contributed by atoms with Gasteiger partial charge >= 0.3 is 0 Å². The van der Waals surface area contributed by atoms with Gasteiger partial charge in [0.1, 0.15) is 0 Å². The molecule has 4 nitrogen and oxygen atoms in total. The van der Waals surface area contributed by atoms with Crippen molar-refractivity contribution in [1.82, 2.24) is 0 Å². The first kappa shape index (κ1) is 10.8. The molecule has 0 aliphatic rings. The van der Waals surface area contributed by atoms with Gasteiger partial charge < -0.3 is 9.47 Å². The number of hydrogen-bond acceptors (Lipinski definition) is 4. The van der Waals surface area contributed by atoms with Crippen LogP contribution in [0.25, 0.3) is 0 Å². The molecule has 0 aromatic heterocycles. The Hall–Kier alpha value is -1.32. The molecule has 0 N–H and O–H groups in total. The third-order valence-corrected chi connectivity index (χ3v) is 1.73. The Bertz CT molecular complexity index is 324. The van der Waals surface area contributed by atoms with E-state index in [0.29, 0.717) is 13.2 Å². The molecule has 0 radical (unpaired) electrons. The van der Waals surface area contributed by atoms with Gasteiger partial charge in [-0.25, -0.2) is 0 Å². The Labute approximate surface area is 82.2 Å². The molecule has 0 unspecified atom stereocenters. The molecule has 14 heavy (non-hydrogen) atoms. The average molecular weight is 198 g/mol. The third-order valence-electron chi connectivity index (χ3n) is 1.73. The van der Waals surface area contributed by atoms with Crippen LogP contribution in [0, 0.1) is 0 Å². The van der Waals surface area contributed by atoms with Crippen LogP contribution in [-0.2, 0) is 0 Å². The van der Waals surface area contributed by atoms with Crippen LogP contribution in [-0.4, -0.2) is 13.2 Å². The Balaban J connectivity index is 2.68. The van der Waals surface area contributed by atoms with E-state index in [1.807, 2.05) is 13.8 Å². The quantitative estimate of drug-likeness (QED) is 0.636. The van der Waals surface area contributed by atoms with Crippen molar-refractivity contribution in [3.05, 3.63) is 20.4 Å². The van der Waals surface area contributed by atoms with Gasteiger partial charge in [-0.1, -0.05) is 13.8 Å². The fourth-order valence-electron chi connectivity index (χ4n) is 1.02. The summed E-state index contributed by atoms with van der Waals surface area (Å²) < 4.78 is 10.2. The minimum atomic E-state index is -0.565. The molecule has 1 aromatic carbocycles. The minimum Gasteiger partial charge on any atom is -0.486 e. The van der Waals surface area contributed by atoms with Crippen molar-refractivity contribution < 1.29 is 9.47 Å². The molecule has 0 bridgehead atoms. The maximum Gasteiger partial charge on any atom is 0.275 e. The van der Waals surface area contributed by atoms with Crippen LogP contribution < -0.4 is 20.3 Å². The van der Waals surface area contributed by atoms with Gasteiger partial charge in [-0.15, -0.1) is 0 Å². The van der Waals surface area contributed by atoms with E-state index in [2.05, 4.69) is 0 Å². The zero-order valence-corrected chi connectivity index (χ0v) is 8.46. The van der Waals surface area contributed by atoms with E-state index >= 15 is 0 Å². The van der Waals surface area contributed by atoms with Gasteiger partial charge in [0.2, 0.25) is 11.5 Å². The fourth-order valence-corrected chi connectivity index (χ4v) is 1.02. The zero-order chi connectivity index (χ0) is 10.6. The molecule has 0 saturated heterocycles. The molecule has 0 spiro atoms. The molecule has 0 aliphatic carbocycles. The van der Waals surface area contributed by atoms with Gasteiger partial charge in [0.05, 0.1) is 13.2 Å². The summed E-state index contributed by atoms with van der Waals surface area (Å²) in [6.45, 7) is 4.73. The lowest BCUT2D eigenvalue weighted by Gasteiger charge is -2.11. The van der Waals surface area contributed by atoms with Crippen LogP contribution in [0.2, 0.25) is 0 Å². The van der Waals surface area contributed by atoms with Crippen molar-refractivity contribution in [2.45, 2.75) is 26.7 Å². The summed E-state index contributed by atoms with van der Waals surface area (Å²) in [5, 5.41) is 0. The lowest BCUT2D eigenvalue weighted by molar-refractivity contribution is 0.256. The van der Waals surface area contributed by atoms with Crippen molar-refractivity contribution in [1.29, 1.82) is 0 Å². The fraction of sp³-hybridized carbons (Fsp3) is 0.600. The summed E-state index contributed by atoms with van der Waals surface area (Å²) in [5.41, 5.74) is -1.13. The van der Waals surface area contributed by atoms with Crippen LogP contribution in [0.5, 0.6) is 11.5 Å². The van der Waals surface area contributed by atoms with E-state index in [-0.39, 0.29) is 11.5 Å². The van der Waals surface area contributed by atoms with E-state index in [0.717, 1.165) is 12.8 Å². The molecular formula is C10H14O4. The predicted molar refractivity (Wildman–Crippen MR) is 52.9 cm³/mol. The van der Waals surface area contributed by atoms with E-state index in [1.54, 1.807) is 0 Å². The Morgan fingerprint density at radius 3 is 1.50 bits per heavy atom. The van der Waals surface area contributed by atoms with Crippen LogP contribution >= 0.6 is 0 Å². The number of ether oxygens (including phenoxy) is 2. The van der Waals surface area contributed by atoms with Crippen molar-refractivity contribution >= 4 is 0 Å². The number of hydrogen-bond donors (Lipinski definition) is 0. The second-order valence-corrected chi connectivity index (χ2v) is 3.01. The van der Waals surface area contributed by atoms with Crippen molar-refractivity contribution in [2.24, 2.45) is 0 Å². The lowest BCUT2D eigenvalue weighted by Crippen LogP contribution is -2.34. The molecular weight excluding hydrogens is 184 g/mol. The molecule has 0 amide bonds. The highest BCUT2D eigenvalue weighted by molar-refractivity contribution is 5.45. The van der Waals surface area contributed by atoms with Crippen LogP contribution in [0.3, 0.4) is 0 Å². The van der Waals surface area contributed by atoms with Crippen LogP contribution in [0.1, 0.15) is 26.7 Å². The molecule has 1 rings (SSSR count). The predicted octanol–water partition coefficient (Wildman–Crippen LogP) is 0.860. The lowest BCUT2D eigenvalue weighted by atomic mass is 10.2. The normalized spacial score (nSPS) is 10.4. The summed E-state index contributed by atoms with van der Waals surface area (Å²) in [6, 6.07) is 0. The Morgan fingerprint density at radius 1 is 0.857 bits per heavy atom. The second-order valence-electron chi connectivity index (χ2n) is 3.01. The average Bonchev–Trinajstić information content (AvgIpc) is 2.21. The van der Waals surface area contributed by atoms with E-state index < -0.39 is 10.9 Å². The molecule has 0 saturated carbocycles. The number of rotatable bonds is 6.